The molecule has 0 saturated heterocycles. The molecule has 1 rings (SSSR count). The van der Waals surface area contributed by atoms with E-state index in [-0.39, 0.29) is 0 Å². The summed E-state index contributed by atoms with van der Waals surface area (Å²) in [4.78, 5) is 12.5. The number of nitrogen functional groups attached to an aromatic ring is 1. The van der Waals surface area contributed by atoms with Crippen molar-refractivity contribution in [3.63, 3.8) is 0 Å². The Morgan fingerprint density at radius 1 is 1.48 bits per heavy atom. The van der Waals surface area contributed by atoms with Crippen LogP contribution in [0.1, 0.15) is 33.1 Å². The Bertz CT molecular complexity index is 510. The van der Waals surface area contributed by atoms with Gasteiger partial charge >= 0.3 is 5.97 Å². The minimum atomic E-state index is -0.734. The molecular formula is C15H22BrNO3S. The number of carboxylic acids is 1. The predicted octanol–water partition coefficient (Wildman–Crippen LogP) is 4.41. The fourth-order valence-corrected chi connectivity index (χ4v) is 4.04. The molecule has 118 valence electrons. The molecule has 1 atom stereocenters. The van der Waals surface area contributed by atoms with Gasteiger partial charge in [0.15, 0.2) is 0 Å². The highest BCUT2D eigenvalue weighted by Gasteiger charge is 2.36. The summed E-state index contributed by atoms with van der Waals surface area (Å²) in [5.74, 6) is 0.461. The lowest BCUT2D eigenvalue weighted by Crippen LogP contribution is -2.32. The van der Waals surface area contributed by atoms with Gasteiger partial charge in [-0.25, -0.2) is 0 Å². The third kappa shape index (κ3) is 4.30. The molecule has 0 aliphatic heterocycles. The monoisotopic (exact) mass is 375 g/mol. The van der Waals surface area contributed by atoms with Crippen molar-refractivity contribution in [2.45, 2.75) is 38.0 Å². The minimum Gasteiger partial charge on any atom is -0.496 e. The molecule has 0 fully saturated rings. The molecule has 4 nitrogen and oxygen atoms in total. The zero-order valence-corrected chi connectivity index (χ0v) is 15.0. The van der Waals surface area contributed by atoms with Crippen molar-refractivity contribution in [1.29, 1.82) is 0 Å². The molecule has 1 aromatic rings. The first-order valence-electron chi connectivity index (χ1n) is 6.89. The van der Waals surface area contributed by atoms with Crippen LogP contribution in [0.3, 0.4) is 0 Å². The van der Waals surface area contributed by atoms with Crippen LogP contribution in [0.2, 0.25) is 0 Å². The first kappa shape index (κ1) is 18.2. The zero-order valence-electron chi connectivity index (χ0n) is 12.6. The number of rotatable bonds is 8. The van der Waals surface area contributed by atoms with Gasteiger partial charge in [-0.15, -0.1) is 11.8 Å². The van der Waals surface area contributed by atoms with Crippen LogP contribution in [0, 0.1) is 5.41 Å². The molecule has 1 unspecified atom stereocenters. The zero-order chi connectivity index (χ0) is 16.0. The highest BCUT2D eigenvalue weighted by Crippen LogP contribution is 2.40. The van der Waals surface area contributed by atoms with Crippen molar-refractivity contribution in [2.75, 3.05) is 18.6 Å². The lowest BCUT2D eigenvalue weighted by atomic mass is 9.83. The van der Waals surface area contributed by atoms with Gasteiger partial charge in [-0.05, 0) is 40.9 Å². The fraction of sp³-hybridized carbons (Fsp3) is 0.533. The number of hydrogen-bond acceptors (Lipinski definition) is 4. The Kier molecular flexibility index (Phi) is 6.87. The van der Waals surface area contributed by atoms with Crippen LogP contribution >= 0.6 is 27.7 Å². The van der Waals surface area contributed by atoms with Gasteiger partial charge < -0.3 is 15.6 Å². The van der Waals surface area contributed by atoms with Crippen LogP contribution < -0.4 is 10.5 Å². The second-order valence-electron chi connectivity index (χ2n) is 5.00. The van der Waals surface area contributed by atoms with Gasteiger partial charge in [-0.1, -0.05) is 20.3 Å². The van der Waals surface area contributed by atoms with Crippen LogP contribution in [-0.4, -0.2) is 23.9 Å². The maximum absolute atomic E-state index is 11.6. The van der Waals surface area contributed by atoms with Crippen LogP contribution in [0.25, 0.3) is 0 Å². The molecule has 0 aromatic heterocycles. The number of hydrogen-bond donors (Lipinski definition) is 2. The number of carboxylic acid groups (broad SMARTS) is 1. The molecule has 3 N–H and O–H groups in total. The van der Waals surface area contributed by atoms with Crippen molar-refractivity contribution in [1.82, 2.24) is 0 Å². The van der Waals surface area contributed by atoms with Crippen LogP contribution in [0.15, 0.2) is 21.5 Å². The van der Waals surface area contributed by atoms with Gasteiger partial charge in [0.1, 0.15) is 5.75 Å². The topological polar surface area (TPSA) is 72.5 Å². The number of benzene rings is 1. The minimum absolute atomic E-state index is 0.502. The number of anilines is 1. The largest absolute Gasteiger partial charge is 0.496 e. The lowest BCUT2D eigenvalue weighted by Gasteiger charge is -2.27. The third-order valence-electron chi connectivity index (χ3n) is 3.65. The Morgan fingerprint density at radius 2 is 2.14 bits per heavy atom. The molecule has 0 saturated carbocycles. The second kappa shape index (κ2) is 7.94. The SMILES string of the molecule is CCCC(CC)(CSc1cc(OC)c(Br)cc1N)C(=O)O. The number of thioether (sulfide) groups is 1. The van der Waals surface area contributed by atoms with Crippen LogP contribution in [-0.2, 0) is 4.79 Å². The third-order valence-corrected chi connectivity index (χ3v) is 5.63. The van der Waals surface area contributed by atoms with E-state index < -0.39 is 11.4 Å². The lowest BCUT2D eigenvalue weighted by molar-refractivity contribution is -0.148. The van der Waals surface area contributed by atoms with Gasteiger partial charge in [0, 0.05) is 16.3 Å². The van der Waals surface area contributed by atoms with E-state index in [0.29, 0.717) is 30.0 Å². The Hall–Kier alpha value is -0.880. The van der Waals surface area contributed by atoms with Crippen molar-refractivity contribution in [3.05, 3.63) is 16.6 Å². The summed E-state index contributed by atoms with van der Waals surface area (Å²) in [7, 11) is 1.59. The van der Waals surface area contributed by atoms with Gasteiger partial charge in [0.25, 0.3) is 0 Å². The number of nitrogens with two attached hydrogens (primary N) is 1. The highest BCUT2D eigenvalue weighted by molar-refractivity contribution is 9.10. The number of methoxy groups -OCH3 is 1. The van der Waals surface area contributed by atoms with Crippen LogP contribution in [0.4, 0.5) is 5.69 Å². The van der Waals surface area contributed by atoms with E-state index in [2.05, 4.69) is 15.9 Å². The molecule has 0 radical (unpaired) electrons. The van der Waals surface area contributed by atoms with E-state index in [4.69, 9.17) is 10.5 Å². The molecule has 0 heterocycles. The maximum atomic E-state index is 11.6. The summed E-state index contributed by atoms with van der Waals surface area (Å²) in [5, 5.41) is 9.57. The summed E-state index contributed by atoms with van der Waals surface area (Å²) in [6, 6.07) is 3.63. The quantitative estimate of drug-likeness (QED) is 0.519. The predicted molar refractivity (Wildman–Crippen MR) is 91.1 cm³/mol. The average molecular weight is 376 g/mol. The van der Waals surface area contributed by atoms with Gasteiger partial charge in [-0.3, -0.25) is 4.79 Å². The molecule has 0 bridgehead atoms. The van der Waals surface area contributed by atoms with Crippen molar-refractivity contribution < 1.29 is 14.6 Å². The van der Waals surface area contributed by atoms with Gasteiger partial charge in [0.2, 0.25) is 0 Å². The normalized spacial score (nSPS) is 13.7. The van der Waals surface area contributed by atoms with E-state index in [0.717, 1.165) is 15.8 Å². The van der Waals surface area contributed by atoms with Crippen LogP contribution in [0.5, 0.6) is 5.75 Å². The number of aliphatic carboxylic acids is 1. The summed E-state index contributed by atoms with van der Waals surface area (Å²) in [6.45, 7) is 3.94. The smallest absolute Gasteiger partial charge is 0.310 e. The molecule has 6 heteroatoms. The Labute approximate surface area is 138 Å². The highest BCUT2D eigenvalue weighted by atomic mass is 79.9. The molecule has 0 aliphatic rings. The second-order valence-corrected chi connectivity index (χ2v) is 6.87. The molecule has 0 aliphatic carbocycles. The van der Waals surface area contributed by atoms with Crippen molar-refractivity contribution in [3.8, 4) is 5.75 Å². The molecule has 21 heavy (non-hydrogen) atoms. The Morgan fingerprint density at radius 3 is 2.62 bits per heavy atom. The number of halogens is 1. The average Bonchev–Trinajstić information content (AvgIpc) is 2.44. The van der Waals surface area contributed by atoms with E-state index >= 15 is 0 Å². The number of ether oxygens (including phenoxy) is 1. The van der Waals surface area contributed by atoms with E-state index in [9.17, 15) is 9.90 Å². The fourth-order valence-electron chi connectivity index (χ4n) is 2.20. The van der Waals surface area contributed by atoms with Crippen molar-refractivity contribution >= 4 is 39.3 Å². The van der Waals surface area contributed by atoms with E-state index in [1.165, 1.54) is 11.8 Å². The molecule has 1 aromatic carbocycles. The van der Waals surface area contributed by atoms with Crippen molar-refractivity contribution in [2.24, 2.45) is 5.41 Å². The first-order chi connectivity index (χ1) is 9.90. The van der Waals surface area contributed by atoms with E-state index in [1.54, 1.807) is 13.2 Å². The summed E-state index contributed by atoms with van der Waals surface area (Å²) >= 11 is 4.86. The summed E-state index contributed by atoms with van der Waals surface area (Å²) in [6.07, 6.45) is 2.12. The van der Waals surface area contributed by atoms with Gasteiger partial charge in [-0.2, -0.15) is 0 Å². The number of carbonyl (C=O) groups is 1. The molecule has 0 amide bonds. The first-order valence-corrected chi connectivity index (χ1v) is 8.67. The van der Waals surface area contributed by atoms with Gasteiger partial charge in [0.05, 0.1) is 17.0 Å². The standard InChI is InChI=1S/C15H22BrNO3S/c1-4-6-15(5-2,14(18)19)9-21-13-8-12(20-3)10(16)7-11(13)17/h7-8H,4-6,9,17H2,1-3H3,(H,18,19). The summed E-state index contributed by atoms with van der Waals surface area (Å²) < 4.78 is 6.05. The maximum Gasteiger partial charge on any atom is 0.310 e. The van der Waals surface area contributed by atoms with E-state index in [1.807, 2.05) is 19.9 Å². The molecule has 0 spiro atoms. The Balaban J connectivity index is 2.97. The molecular weight excluding hydrogens is 354 g/mol. The summed E-state index contributed by atoms with van der Waals surface area (Å²) in [5.41, 5.74) is 5.93.